The van der Waals surface area contributed by atoms with Crippen LogP contribution in [0.2, 0.25) is 0 Å². The first kappa shape index (κ1) is 14.7. The fourth-order valence-electron chi connectivity index (χ4n) is 2.18. The van der Waals surface area contributed by atoms with Crippen molar-refractivity contribution < 1.29 is 9.47 Å². The SMILES string of the molecule is C(/[Te]c1ccccc1)=C1\COC(COc2ccccc2)C1. The van der Waals surface area contributed by atoms with Crippen LogP contribution in [0.4, 0.5) is 0 Å². The molecule has 0 aliphatic carbocycles. The van der Waals surface area contributed by atoms with Crippen LogP contribution in [0.25, 0.3) is 0 Å². The molecule has 3 rings (SSSR count). The standard InChI is InChI=1S/C18H18O2Te/c1-3-7-16(8-4-1)20-13-17-11-15(12-19-17)14-21-18-9-5-2-6-10-18/h1-10,14,17H,11-13H2/b15-14+. The molecule has 0 N–H and O–H groups in total. The van der Waals surface area contributed by atoms with Gasteiger partial charge in [0.05, 0.1) is 0 Å². The summed E-state index contributed by atoms with van der Waals surface area (Å²) in [7, 11) is 0. The maximum atomic E-state index is 5.80. The van der Waals surface area contributed by atoms with Crippen molar-refractivity contribution in [3.05, 3.63) is 70.4 Å². The van der Waals surface area contributed by atoms with Gasteiger partial charge in [-0.3, -0.25) is 0 Å². The molecule has 21 heavy (non-hydrogen) atoms. The quantitative estimate of drug-likeness (QED) is 0.727. The number of benzene rings is 2. The predicted octanol–water partition coefficient (Wildman–Crippen LogP) is 2.77. The van der Waals surface area contributed by atoms with Gasteiger partial charge in [0, 0.05) is 0 Å². The Kier molecular flexibility index (Phi) is 5.34. The number of hydrogen-bond acceptors (Lipinski definition) is 2. The van der Waals surface area contributed by atoms with Gasteiger partial charge in [-0.25, -0.2) is 0 Å². The Hall–Kier alpha value is -1.27. The average molecular weight is 394 g/mol. The van der Waals surface area contributed by atoms with Crippen molar-refractivity contribution in [2.45, 2.75) is 12.5 Å². The molecule has 2 nitrogen and oxygen atoms in total. The van der Waals surface area contributed by atoms with Gasteiger partial charge in [0.25, 0.3) is 0 Å². The molecule has 0 bridgehead atoms. The summed E-state index contributed by atoms with van der Waals surface area (Å²) in [5.41, 5.74) is 1.43. The van der Waals surface area contributed by atoms with Gasteiger partial charge in [-0.15, -0.1) is 0 Å². The fourth-order valence-corrected chi connectivity index (χ4v) is 4.41. The van der Waals surface area contributed by atoms with Crippen molar-refractivity contribution in [2.24, 2.45) is 0 Å². The van der Waals surface area contributed by atoms with Crippen molar-refractivity contribution in [1.82, 2.24) is 0 Å². The molecule has 2 aromatic carbocycles. The number of para-hydroxylation sites is 1. The van der Waals surface area contributed by atoms with Crippen molar-refractivity contribution in [3.8, 4) is 5.75 Å². The summed E-state index contributed by atoms with van der Waals surface area (Å²) in [6.07, 6.45) is 1.20. The van der Waals surface area contributed by atoms with E-state index in [1.54, 1.807) is 0 Å². The summed E-state index contributed by atoms with van der Waals surface area (Å²) >= 11 is -0.228. The molecule has 0 aromatic heterocycles. The van der Waals surface area contributed by atoms with Gasteiger partial charge in [-0.1, -0.05) is 0 Å². The molecule has 1 saturated heterocycles. The second kappa shape index (κ2) is 7.66. The van der Waals surface area contributed by atoms with E-state index in [0.717, 1.165) is 18.8 Å². The normalized spacial score (nSPS) is 19.8. The van der Waals surface area contributed by atoms with Gasteiger partial charge in [0.2, 0.25) is 0 Å². The van der Waals surface area contributed by atoms with E-state index in [9.17, 15) is 0 Å². The second-order valence-corrected chi connectivity index (χ2v) is 7.66. The summed E-state index contributed by atoms with van der Waals surface area (Å²) in [6.45, 7) is 1.40. The zero-order valence-electron chi connectivity index (χ0n) is 11.8. The molecule has 0 spiro atoms. The molecular weight excluding hydrogens is 376 g/mol. The van der Waals surface area contributed by atoms with Crippen LogP contribution >= 0.6 is 0 Å². The maximum absolute atomic E-state index is 5.80. The zero-order valence-corrected chi connectivity index (χ0v) is 14.1. The molecule has 108 valence electrons. The van der Waals surface area contributed by atoms with Crippen LogP contribution in [0.3, 0.4) is 0 Å². The Bertz CT molecular complexity index is 581. The van der Waals surface area contributed by atoms with E-state index < -0.39 is 0 Å². The minimum absolute atomic E-state index is 0.194. The third kappa shape index (κ3) is 4.61. The Morgan fingerprint density at radius 1 is 1.05 bits per heavy atom. The molecule has 1 atom stereocenters. The molecule has 0 radical (unpaired) electrons. The molecule has 1 fully saturated rings. The van der Waals surface area contributed by atoms with Crippen LogP contribution in [0.1, 0.15) is 6.42 Å². The van der Waals surface area contributed by atoms with Crippen molar-refractivity contribution in [2.75, 3.05) is 13.2 Å². The number of rotatable bonds is 5. The molecule has 3 heteroatoms. The first-order chi connectivity index (χ1) is 10.4. The Balaban J connectivity index is 1.47. The molecule has 1 aliphatic rings. The monoisotopic (exact) mass is 396 g/mol. The third-order valence-corrected chi connectivity index (χ3v) is 6.12. The molecule has 1 unspecified atom stereocenters. The average Bonchev–Trinajstić information content (AvgIpc) is 3.01. The van der Waals surface area contributed by atoms with E-state index in [4.69, 9.17) is 9.47 Å². The topological polar surface area (TPSA) is 18.5 Å². The van der Waals surface area contributed by atoms with Gasteiger partial charge >= 0.3 is 136 Å². The third-order valence-electron chi connectivity index (χ3n) is 3.28. The summed E-state index contributed by atoms with van der Waals surface area (Å²) in [6, 6.07) is 20.6. The molecule has 0 amide bonds. The first-order valence-electron chi connectivity index (χ1n) is 7.09. The van der Waals surface area contributed by atoms with Crippen LogP contribution in [-0.4, -0.2) is 40.2 Å². The van der Waals surface area contributed by atoms with Gasteiger partial charge in [0.1, 0.15) is 0 Å². The van der Waals surface area contributed by atoms with Crippen molar-refractivity contribution >= 4 is 24.5 Å². The molecule has 2 aromatic rings. The summed E-state index contributed by atoms with van der Waals surface area (Å²) in [4.78, 5) is 0. The van der Waals surface area contributed by atoms with Crippen LogP contribution in [0.15, 0.2) is 70.4 Å². The van der Waals surface area contributed by atoms with Crippen molar-refractivity contribution in [1.29, 1.82) is 0 Å². The molecule has 1 aliphatic heterocycles. The van der Waals surface area contributed by atoms with E-state index in [1.165, 1.54) is 9.18 Å². The zero-order chi connectivity index (χ0) is 14.3. The Labute approximate surface area is 135 Å². The second-order valence-electron chi connectivity index (χ2n) is 4.97. The Morgan fingerprint density at radius 3 is 2.52 bits per heavy atom. The van der Waals surface area contributed by atoms with E-state index >= 15 is 0 Å². The van der Waals surface area contributed by atoms with E-state index in [2.05, 4.69) is 34.5 Å². The van der Waals surface area contributed by atoms with Gasteiger partial charge < -0.3 is 0 Å². The van der Waals surface area contributed by atoms with Crippen LogP contribution in [0.5, 0.6) is 5.75 Å². The minimum atomic E-state index is -0.228. The molecule has 0 saturated carbocycles. The number of hydrogen-bond donors (Lipinski definition) is 0. The Morgan fingerprint density at radius 2 is 1.76 bits per heavy atom. The molecule has 1 heterocycles. The predicted molar refractivity (Wildman–Crippen MR) is 86.2 cm³/mol. The summed E-state index contributed by atoms with van der Waals surface area (Å²) in [5, 5.41) is 0. The van der Waals surface area contributed by atoms with Gasteiger partial charge in [0.15, 0.2) is 0 Å². The molecular formula is C18H18O2Te. The first-order valence-corrected chi connectivity index (χ1v) is 9.60. The van der Waals surface area contributed by atoms with Gasteiger partial charge in [-0.05, 0) is 0 Å². The van der Waals surface area contributed by atoms with E-state index in [-0.39, 0.29) is 27.0 Å². The van der Waals surface area contributed by atoms with Gasteiger partial charge in [-0.2, -0.15) is 0 Å². The summed E-state index contributed by atoms with van der Waals surface area (Å²) < 4.78 is 15.5. The van der Waals surface area contributed by atoms with Crippen LogP contribution < -0.4 is 8.35 Å². The van der Waals surface area contributed by atoms with E-state index in [1.807, 2.05) is 30.3 Å². The number of ether oxygens (including phenoxy) is 2. The van der Waals surface area contributed by atoms with Crippen molar-refractivity contribution in [3.63, 3.8) is 0 Å². The summed E-state index contributed by atoms with van der Waals surface area (Å²) in [5.74, 6) is 0.914. The van der Waals surface area contributed by atoms with Crippen LogP contribution in [0, 0.1) is 0 Å². The van der Waals surface area contributed by atoms with E-state index in [0.29, 0.717) is 6.61 Å². The fraction of sp³-hybridized carbons (Fsp3) is 0.222. The van der Waals surface area contributed by atoms with Crippen LogP contribution in [-0.2, 0) is 4.74 Å².